The zero-order valence-corrected chi connectivity index (χ0v) is 18.6. The molecule has 2 aliphatic rings. The van der Waals surface area contributed by atoms with E-state index >= 15 is 0 Å². The summed E-state index contributed by atoms with van der Waals surface area (Å²) in [4.78, 5) is 11.1. The first kappa shape index (κ1) is 22.3. The molecule has 1 fully saturated rings. The number of benzene rings is 1. The Hall–Kier alpha value is -2.49. The molecule has 0 N–H and O–H groups in total. The Bertz CT molecular complexity index is 1140. The molecule has 5 rings (SSSR count). The molecule has 6 nitrogen and oxygen atoms in total. The van der Waals surface area contributed by atoms with Gasteiger partial charge >= 0.3 is 6.18 Å². The maximum atomic E-state index is 13.2. The van der Waals surface area contributed by atoms with Crippen molar-refractivity contribution < 1.29 is 17.9 Å². The second kappa shape index (κ2) is 9.04. The molecule has 1 atom stereocenters. The molecule has 2 aromatic heterocycles. The molecule has 0 radical (unpaired) electrons. The highest BCUT2D eigenvalue weighted by Gasteiger charge is 2.34. The lowest BCUT2D eigenvalue weighted by Gasteiger charge is -2.30. The molecular weight excluding hydrogens is 455 g/mol. The van der Waals surface area contributed by atoms with Crippen LogP contribution in [-0.4, -0.2) is 37.8 Å². The summed E-state index contributed by atoms with van der Waals surface area (Å²) < 4.78 is 47.5. The van der Waals surface area contributed by atoms with E-state index in [4.69, 9.17) is 16.3 Å². The molecule has 1 saturated heterocycles. The van der Waals surface area contributed by atoms with Gasteiger partial charge in [0.2, 0.25) is 0 Å². The summed E-state index contributed by atoms with van der Waals surface area (Å²) in [7, 11) is 0. The van der Waals surface area contributed by atoms with E-state index in [1.54, 1.807) is 12.3 Å². The summed E-state index contributed by atoms with van der Waals surface area (Å²) in [6, 6.07) is 5.99. The Kier molecular flexibility index (Phi) is 6.11. The highest BCUT2D eigenvalue weighted by Crippen LogP contribution is 2.37. The third kappa shape index (κ3) is 4.49. The van der Waals surface area contributed by atoms with Gasteiger partial charge in [-0.3, -0.25) is 4.90 Å². The van der Waals surface area contributed by atoms with E-state index < -0.39 is 11.7 Å². The average Bonchev–Trinajstić information content (AvgIpc) is 3.29. The van der Waals surface area contributed by atoms with Crippen molar-refractivity contribution in [3.05, 3.63) is 64.2 Å². The number of aromatic nitrogens is 4. The van der Waals surface area contributed by atoms with Crippen LogP contribution >= 0.6 is 11.6 Å². The van der Waals surface area contributed by atoms with Gasteiger partial charge in [-0.15, -0.1) is 0 Å². The second-order valence-electron chi connectivity index (χ2n) is 8.37. The van der Waals surface area contributed by atoms with Crippen LogP contribution in [0, 0.1) is 0 Å². The first-order chi connectivity index (χ1) is 15.9. The Morgan fingerprint density at radius 2 is 2.03 bits per heavy atom. The molecule has 0 bridgehead atoms. The summed E-state index contributed by atoms with van der Waals surface area (Å²) in [5, 5.41) is 4.25. The predicted octanol–water partition coefficient (Wildman–Crippen LogP) is 5.27. The Balaban J connectivity index is 1.39. The molecule has 0 saturated carbocycles. The number of hydrogen-bond donors (Lipinski definition) is 0. The summed E-state index contributed by atoms with van der Waals surface area (Å²) >= 11 is 6.10. The molecule has 3 aromatic rings. The van der Waals surface area contributed by atoms with E-state index in [0.717, 1.165) is 54.6 Å². The van der Waals surface area contributed by atoms with Crippen LogP contribution in [0.3, 0.4) is 0 Å². The molecule has 1 unspecified atom stereocenters. The van der Waals surface area contributed by atoms with Crippen molar-refractivity contribution >= 4 is 11.6 Å². The first-order valence-corrected chi connectivity index (χ1v) is 11.3. The van der Waals surface area contributed by atoms with E-state index in [0.29, 0.717) is 31.6 Å². The largest absolute Gasteiger partial charge is 0.417 e. The van der Waals surface area contributed by atoms with Crippen LogP contribution in [0.15, 0.2) is 36.8 Å². The van der Waals surface area contributed by atoms with Crippen LogP contribution in [0.4, 0.5) is 13.2 Å². The standard InChI is InChI=1S/C23H23ClF3N5O/c24-21-15(4-3-5-17(21)23(25,26)27)12-31-10-8-16-18(13-31)28-14-29-22(16)19-7-9-30-32(19)20-6-1-2-11-33-20/h3-5,7,9,14,20H,1-2,6,8,10-13H2. The number of ether oxygens (including phenoxy) is 1. The summed E-state index contributed by atoms with van der Waals surface area (Å²) in [6.07, 6.45) is 2.46. The molecule has 33 heavy (non-hydrogen) atoms. The van der Waals surface area contributed by atoms with E-state index in [9.17, 15) is 13.2 Å². The van der Waals surface area contributed by atoms with Crippen molar-refractivity contribution in [2.45, 2.75) is 51.2 Å². The summed E-state index contributed by atoms with van der Waals surface area (Å²) in [6.45, 7) is 2.20. The molecule has 174 valence electrons. The van der Waals surface area contributed by atoms with Crippen molar-refractivity contribution in [3.63, 3.8) is 0 Å². The van der Waals surface area contributed by atoms with Gasteiger partial charge in [0.05, 0.1) is 27.7 Å². The van der Waals surface area contributed by atoms with Crippen LogP contribution < -0.4 is 0 Å². The normalized spacial score (nSPS) is 19.5. The number of alkyl halides is 3. The minimum atomic E-state index is -4.48. The van der Waals surface area contributed by atoms with Gasteiger partial charge in [-0.25, -0.2) is 14.6 Å². The van der Waals surface area contributed by atoms with E-state index in [2.05, 4.69) is 20.0 Å². The lowest BCUT2D eigenvalue weighted by Crippen LogP contribution is -2.32. The van der Waals surface area contributed by atoms with Gasteiger partial charge in [-0.1, -0.05) is 23.7 Å². The highest BCUT2D eigenvalue weighted by molar-refractivity contribution is 6.32. The average molecular weight is 478 g/mol. The van der Waals surface area contributed by atoms with Crippen molar-refractivity contribution in [1.29, 1.82) is 0 Å². The molecule has 10 heteroatoms. The Labute approximate surface area is 194 Å². The zero-order valence-electron chi connectivity index (χ0n) is 17.9. The lowest BCUT2D eigenvalue weighted by atomic mass is 10.00. The first-order valence-electron chi connectivity index (χ1n) is 11.0. The fourth-order valence-corrected chi connectivity index (χ4v) is 4.87. The number of nitrogens with zero attached hydrogens (tertiary/aromatic N) is 5. The van der Waals surface area contributed by atoms with Crippen LogP contribution in [0.5, 0.6) is 0 Å². The molecule has 1 aromatic carbocycles. The quantitative estimate of drug-likeness (QED) is 0.512. The van der Waals surface area contributed by atoms with E-state index in [1.807, 2.05) is 10.7 Å². The number of fused-ring (bicyclic) bond motifs is 1. The smallest absolute Gasteiger partial charge is 0.356 e. The van der Waals surface area contributed by atoms with E-state index in [1.165, 1.54) is 12.4 Å². The van der Waals surface area contributed by atoms with Crippen molar-refractivity contribution in [3.8, 4) is 11.4 Å². The number of rotatable bonds is 4. The van der Waals surface area contributed by atoms with Gasteiger partial charge in [0.1, 0.15) is 6.33 Å². The minimum Gasteiger partial charge on any atom is -0.356 e. The third-order valence-electron chi connectivity index (χ3n) is 6.21. The number of hydrogen-bond acceptors (Lipinski definition) is 5. The molecule has 0 aliphatic carbocycles. The second-order valence-corrected chi connectivity index (χ2v) is 8.74. The molecular formula is C23H23ClF3N5O. The van der Waals surface area contributed by atoms with Gasteiger partial charge in [0.25, 0.3) is 0 Å². The third-order valence-corrected chi connectivity index (χ3v) is 6.65. The summed E-state index contributed by atoms with van der Waals surface area (Å²) in [5.74, 6) is 0. The molecule has 2 aliphatic heterocycles. The fourth-order valence-electron chi connectivity index (χ4n) is 4.57. The fraction of sp³-hybridized carbons (Fsp3) is 0.435. The van der Waals surface area contributed by atoms with Crippen molar-refractivity contribution in [2.75, 3.05) is 13.2 Å². The van der Waals surface area contributed by atoms with Gasteiger partial charge in [-0.05, 0) is 43.4 Å². The molecule has 4 heterocycles. The monoisotopic (exact) mass is 477 g/mol. The van der Waals surface area contributed by atoms with Crippen LogP contribution in [0.1, 0.15) is 47.9 Å². The van der Waals surface area contributed by atoms with Crippen molar-refractivity contribution in [1.82, 2.24) is 24.6 Å². The Morgan fingerprint density at radius 1 is 1.15 bits per heavy atom. The van der Waals surface area contributed by atoms with Gasteiger partial charge < -0.3 is 4.74 Å². The van der Waals surface area contributed by atoms with Crippen molar-refractivity contribution in [2.24, 2.45) is 0 Å². The van der Waals surface area contributed by atoms with Crippen LogP contribution in [0.2, 0.25) is 5.02 Å². The molecule has 0 amide bonds. The van der Waals surface area contributed by atoms with E-state index in [-0.39, 0.29) is 11.3 Å². The molecule has 0 spiro atoms. The van der Waals surface area contributed by atoms with Gasteiger partial charge in [0.15, 0.2) is 6.23 Å². The summed E-state index contributed by atoms with van der Waals surface area (Å²) in [5.41, 5.74) is 3.30. The SMILES string of the molecule is FC(F)(F)c1cccc(CN2CCc3c(ncnc3-c3ccnn3C3CCCCO3)C2)c1Cl. The minimum absolute atomic E-state index is 0.0995. The highest BCUT2D eigenvalue weighted by atomic mass is 35.5. The number of halogens is 4. The lowest BCUT2D eigenvalue weighted by molar-refractivity contribution is -0.137. The van der Waals surface area contributed by atoms with Gasteiger partial charge in [-0.2, -0.15) is 18.3 Å². The predicted molar refractivity (Wildman–Crippen MR) is 116 cm³/mol. The van der Waals surface area contributed by atoms with Crippen LogP contribution in [0.25, 0.3) is 11.4 Å². The zero-order chi connectivity index (χ0) is 23.0. The maximum Gasteiger partial charge on any atom is 0.417 e. The maximum absolute atomic E-state index is 13.2. The topological polar surface area (TPSA) is 56.1 Å². The Morgan fingerprint density at radius 3 is 2.82 bits per heavy atom. The van der Waals surface area contributed by atoms with Crippen LogP contribution in [-0.2, 0) is 30.4 Å². The van der Waals surface area contributed by atoms with Gasteiger partial charge in [0, 0.05) is 38.0 Å².